The summed E-state index contributed by atoms with van der Waals surface area (Å²) in [6.45, 7) is 2.53. The highest BCUT2D eigenvalue weighted by atomic mass is 16.7. The van der Waals surface area contributed by atoms with Crippen LogP contribution in [0.3, 0.4) is 0 Å². The number of hydrogen-bond acceptors (Lipinski definition) is 5. The van der Waals surface area contributed by atoms with Crippen LogP contribution >= 0.6 is 0 Å². The summed E-state index contributed by atoms with van der Waals surface area (Å²) in [5, 5.41) is 8.67. The topological polar surface area (TPSA) is 68.6 Å². The van der Waals surface area contributed by atoms with Gasteiger partial charge in [0.2, 0.25) is 0 Å². The van der Waals surface area contributed by atoms with Gasteiger partial charge in [-0.25, -0.2) is 0 Å². The average molecular weight is 199 g/mol. The second-order valence-corrected chi connectivity index (χ2v) is 2.99. The molecule has 14 heavy (non-hydrogen) atoms. The van der Waals surface area contributed by atoms with Crippen molar-refractivity contribution >= 4 is 5.97 Å². The molecule has 0 aromatic heterocycles. The first-order valence-corrected chi connectivity index (χ1v) is 4.52. The van der Waals surface area contributed by atoms with E-state index in [0.717, 1.165) is 6.42 Å². The molecule has 1 rings (SSSR count). The van der Waals surface area contributed by atoms with Crippen molar-refractivity contribution in [3.8, 4) is 6.07 Å². The molecule has 0 radical (unpaired) electrons. The van der Waals surface area contributed by atoms with Crippen molar-refractivity contribution in [2.24, 2.45) is 0 Å². The van der Waals surface area contributed by atoms with Crippen molar-refractivity contribution in [1.29, 1.82) is 5.26 Å². The zero-order valence-electron chi connectivity index (χ0n) is 8.06. The summed E-state index contributed by atoms with van der Waals surface area (Å²) in [6, 6.07) is 1.88. The maximum Gasteiger partial charge on any atom is 0.303 e. The predicted molar refractivity (Wildman–Crippen MR) is 46.1 cm³/mol. The molecule has 1 aliphatic heterocycles. The van der Waals surface area contributed by atoms with Gasteiger partial charge in [-0.15, -0.1) is 0 Å². The van der Waals surface area contributed by atoms with Gasteiger partial charge in [0.15, 0.2) is 12.4 Å². The molecular formula is C9H13NO4. The van der Waals surface area contributed by atoms with Crippen LogP contribution in [0.1, 0.15) is 19.8 Å². The zero-order chi connectivity index (χ0) is 10.4. The molecule has 78 valence electrons. The second kappa shape index (κ2) is 5.58. The van der Waals surface area contributed by atoms with Gasteiger partial charge in [0.25, 0.3) is 0 Å². The zero-order valence-corrected chi connectivity index (χ0v) is 8.06. The van der Waals surface area contributed by atoms with E-state index in [2.05, 4.69) is 0 Å². The van der Waals surface area contributed by atoms with E-state index < -0.39 is 18.4 Å². The third-order valence-electron chi connectivity index (χ3n) is 1.75. The van der Waals surface area contributed by atoms with Crippen LogP contribution in [0, 0.1) is 11.3 Å². The summed E-state index contributed by atoms with van der Waals surface area (Å²) >= 11 is 0. The van der Waals surface area contributed by atoms with E-state index in [4.69, 9.17) is 19.5 Å². The standard InChI is InChI=1S/C9H13NO4/c1-7(11)14-8(6-10)5-9-12-3-2-4-13-9/h8-9H,2-5H2,1H3. The molecular weight excluding hydrogens is 186 g/mol. The number of rotatable bonds is 3. The molecule has 1 fully saturated rings. The molecule has 1 atom stereocenters. The van der Waals surface area contributed by atoms with Gasteiger partial charge >= 0.3 is 5.97 Å². The number of nitriles is 1. The maximum atomic E-state index is 10.6. The number of nitrogens with zero attached hydrogens (tertiary/aromatic N) is 1. The van der Waals surface area contributed by atoms with E-state index in [-0.39, 0.29) is 6.42 Å². The van der Waals surface area contributed by atoms with Crippen molar-refractivity contribution in [3.05, 3.63) is 0 Å². The monoisotopic (exact) mass is 199 g/mol. The van der Waals surface area contributed by atoms with Gasteiger partial charge in [-0.05, 0) is 6.42 Å². The Morgan fingerprint density at radius 2 is 2.29 bits per heavy atom. The number of ether oxygens (including phenoxy) is 3. The minimum Gasteiger partial charge on any atom is -0.447 e. The Kier molecular flexibility index (Phi) is 4.36. The molecule has 1 unspecified atom stereocenters. The van der Waals surface area contributed by atoms with Gasteiger partial charge < -0.3 is 14.2 Å². The van der Waals surface area contributed by atoms with E-state index in [1.807, 2.05) is 6.07 Å². The summed E-state index contributed by atoms with van der Waals surface area (Å²) in [5.74, 6) is -0.465. The van der Waals surface area contributed by atoms with Crippen LogP contribution in [-0.4, -0.2) is 31.6 Å². The fraction of sp³-hybridized carbons (Fsp3) is 0.778. The summed E-state index contributed by atoms with van der Waals surface area (Å²) in [5.41, 5.74) is 0. The van der Waals surface area contributed by atoms with Crippen LogP contribution in [0.2, 0.25) is 0 Å². The van der Waals surface area contributed by atoms with Gasteiger partial charge in [0, 0.05) is 13.3 Å². The van der Waals surface area contributed by atoms with E-state index in [1.165, 1.54) is 6.92 Å². The molecule has 0 saturated carbocycles. The Morgan fingerprint density at radius 1 is 1.64 bits per heavy atom. The molecule has 0 spiro atoms. The van der Waals surface area contributed by atoms with Crippen LogP contribution in [0.4, 0.5) is 0 Å². The van der Waals surface area contributed by atoms with E-state index >= 15 is 0 Å². The van der Waals surface area contributed by atoms with Crippen molar-refractivity contribution < 1.29 is 19.0 Å². The summed E-state index contributed by atoms with van der Waals surface area (Å²) in [7, 11) is 0. The fourth-order valence-corrected chi connectivity index (χ4v) is 1.17. The summed E-state index contributed by atoms with van der Waals surface area (Å²) in [6.07, 6.45) is -0.0690. The Labute approximate surface area is 82.5 Å². The molecule has 5 heteroatoms. The minimum absolute atomic E-state index is 0.274. The number of esters is 1. The largest absolute Gasteiger partial charge is 0.447 e. The van der Waals surface area contributed by atoms with Gasteiger partial charge in [-0.1, -0.05) is 0 Å². The van der Waals surface area contributed by atoms with Crippen LogP contribution in [0.25, 0.3) is 0 Å². The molecule has 0 aromatic rings. The molecule has 0 aliphatic carbocycles. The van der Waals surface area contributed by atoms with Crippen LogP contribution in [0.15, 0.2) is 0 Å². The number of carbonyl (C=O) groups is 1. The Morgan fingerprint density at radius 3 is 2.79 bits per heavy atom. The van der Waals surface area contributed by atoms with E-state index in [1.54, 1.807) is 0 Å². The third-order valence-corrected chi connectivity index (χ3v) is 1.75. The number of carbonyl (C=O) groups excluding carboxylic acids is 1. The minimum atomic E-state index is -0.782. The highest BCUT2D eigenvalue weighted by molar-refractivity contribution is 5.66. The Hall–Kier alpha value is -1.12. The second-order valence-electron chi connectivity index (χ2n) is 2.99. The molecule has 0 N–H and O–H groups in total. The van der Waals surface area contributed by atoms with Crippen LogP contribution in [0.5, 0.6) is 0 Å². The highest BCUT2D eigenvalue weighted by Gasteiger charge is 2.21. The van der Waals surface area contributed by atoms with Crippen molar-refractivity contribution in [3.63, 3.8) is 0 Å². The van der Waals surface area contributed by atoms with Gasteiger partial charge in [-0.2, -0.15) is 5.26 Å². The first-order valence-electron chi connectivity index (χ1n) is 4.52. The molecule has 0 bridgehead atoms. The molecule has 0 aromatic carbocycles. The molecule has 1 saturated heterocycles. The van der Waals surface area contributed by atoms with E-state index in [0.29, 0.717) is 13.2 Å². The smallest absolute Gasteiger partial charge is 0.303 e. The van der Waals surface area contributed by atoms with Crippen molar-refractivity contribution in [2.75, 3.05) is 13.2 Å². The van der Waals surface area contributed by atoms with Gasteiger partial charge in [0.05, 0.1) is 13.2 Å². The first-order chi connectivity index (χ1) is 6.72. The van der Waals surface area contributed by atoms with E-state index in [9.17, 15) is 4.79 Å². The van der Waals surface area contributed by atoms with Crippen molar-refractivity contribution in [2.45, 2.75) is 32.2 Å². The predicted octanol–water partition coefficient (Wildman–Crippen LogP) is 0.595. The van der Waals surface area contributed by atoms with Gasteiger partial charge in [-0.3, -0.25) is 4.79 Å². The molecule has 1 heterocycles. The molecule has 5 nitrogen and oxygen atoms in total. The first kappa shape index (κ1) is 11.0. The summed E-state index contributed by atoms with van der Waals surface area (Å²) in [4.78, 5) is 10.6. The SMILES string of the molecule is CC(=O)OC(C#N)CC1OCCCO1. The third kappa shape index (κ3) is 3.73. The Bertz CT molecular complexity index is 229. The van der Waals surface area contributed by atoms with Gasteiger partial charge in [0.1, 0.15) is 6.07 Å². The Balaban J connectivity index is 2.32. The molecule has 1 aliphatic rings. The lowest BCUT2D eigenvalue weighted by molar-refractivity contribution is -0.191. The number of hydrogen-bond donors (Lipinski definition) is 0. The highest BCUT2D eigenvalue weighted by Crippen LogP contribution is 2.12. The molecule has 0 amide bonds. The average Bonchev–Trinajstić information content (AvgIpc) is 2.17. The maximum absolute atomic E-state index is 10.6. The lowest BCUT2D eigenvalue weighted by Crippen LogP contribution is -2.30. The normalized spacial score (nSPS) is 19.7. The fourth-order valence-electron chi connectivity index (χ4n) is 1.17. The summed E-state index contributed by atoms with van der Waals surface area (Å²) < 4.78 is 15.2. The van der Waals surface area contributed by atoms with Crippen molar-refractivity contribution in [1.82, 2.24) is 0 Å². The van der Waals surface area contributed by atoms with Crippen LogP contribution in [-0.2, 0) is 19.0 Å². The lowest BCUT2D eigenvalue weighted by Gasteiger charge is -2.24. The van der Waals surface area contributed by atoms with Crippen LogP contribution < -0.4 is 0 Å². The quantitative estimate of drug-likeness (QED) is 0.622. The lowest BCUT2D eigenvalue weighted by atomic mass is 10.2.